The zero-order valence-electron chi connectivity index (χ0n) is 18.1. The first-order valence-electron chi connectivity index (χ1n) is 11.3. The molecule has 1 aromatic carbocycles. The molecule has 1 aromatic rings. The van der Waals surface area contributed by atoms with Gasteiger partial charge in [-0.05, 0) is 48.1 Å². The van der Waals surface area contributed by atoms with Crippen LogP contribution in [0.5, 0.6) is 0 Å². The molecule has 0 radical (unpaired) electrons. The lowest BCUT2D eigenvalue weighted by atomic mass is 9.72. The Morgan fingerprint density at radius 2 is 1.90 bits per heavy atom. The third-order valence-electron chi connectivity index (χ3n) is 7.19. The normalized spacial score (nSPS) is 29.7. The second kappa shape index (κ2) is 8.47. The van der Waals surface area contributed by atoms with E-state index in [4.69, 9.17) is 0 Å². The van der Waals surface area contributed by atoms with Gasteiger partial charge in [0.15, 0.2) is 0 Å². The highest BCUT2D eigenvalue weighted by Crippen LogP contribution is 2.41. The van der Waals surface area contributed by atoms with Crippen molar-refractivity contribution < 1.29 is 9.59 Å². The van der Waals surface area contributed by atoms with Gasteiger partial charge in [0, 0.05) is 45.6 Å². The van der Waals surface area contributed by atoms with Gasteiger partial charge in [-0.3, -0.25) is 14.5 Å². The van der Waals surface area contributed by atoms with Gasteiger partial charge in [0.05, 0.1) is 6.04 Å². The Morgan fingerprint density at radius 1 is 1.17 bits per heavy atom. The van der Waals surface area contributed by atoms with Crippen LogP contribution in [0.2, 0.25) is 0 Å². The summed E-state index contributed by atoms with van der Waals surface area (Å²) in [6.45, 7) is 9.66. The number of carbonyl (C=O) groups is 2. The predicted molar refractivity (Wildman–Crippen MR) is 114 cm³/mol. The first kappa shape index (κ1) is 20.4. The zero-order valence-corrected chi connectivity index (χ0v) is 18.1. The van der Waals surface area contributed by atoms with Crippen LogP contribution >= 0.6 is 0 Å². The molecular weight excluding hydrogens is 362 g/mol. The highest BCUT2D eigenvalue weighted by atomic mass is 16.2. The molecule has 5 nitrogen and oxygen atoms in total. The predicted octanol–water partition coefficient (Wildman–Crippen LogP) is 3.15. The first-order chi connectivity index (χ1) is 13.9. The molecule has 0 saturated carbocycles. The lowest BCUT2D eigenvalue weighted by molar-refractivity contribution is -0.153. The van der Waals surface area contributed by atoms with E-state index in [1.54, 1.807) is 6.92 Å². The molecule has 3 aliphatic rings. The standard InChI is InChI=1S/C24H35N3O2/c1-16(2)19-9-7-18(8-10-19)13-26-14-20-11-21(15-26)23(12-25-17(3)28)27-22(20)5-4-6-24(27)29/h7-10,16,20-23H,4-6,11-15H2,1-3H3,(H,25,28)/t20-,21+,22+,23+/m1/s1. The highest BCUT2D eigenvalue weighted by molar-refractivity contribution is 5.78. The van der Waals surface area contributed by atoms with Crippen LogP contribution in [0.15, 0.2) is 24.3 Å². The summed E-state index contributed by atoms with van der Waals surface area (Å²) in [6.07, 6.45) is 3.96. The molecule has 3 aliphatic heterocycles. The Kier molecular flexibility index (Phi) is 5.95. The zero-order chi connectivity index (χ0) is 20.5. The van der Waals surface area contributed by atoms with E-state index in [1.165, 1.54) is 17.5 Å². The Balaban J connectivity index is 1.50. The summed E-state index contributed by atoms with van der Waals surface area (Å²) < 4.78 is 0. The van der Waals surface area contributed by atoms with Gasteiger partial charge in [-0.15, -0.1) is 0 Å². The van der Waals surface area contributed by atoms with Crippen molar-refractivity contribution in [1.29, 1.82) is 0 Å². The minimum absolute atomic E-state index is 0.00830. The number of carbonyl (C=O) groups excluding carboxylic acids is 2. The largest absolute Gasteiger partial charge is 0.354 e. The van der Waals surface area contributed by atoms with Gasteiger partial charge in [0.25, 0.3) is 0 Å². The third-order valence-corrected chi connectivity index (χ3v) is 7.19. The van der Waals surface area contributed by atoms with Crippen molar-refractivity contribution in [3.8, 4) is 0 Å². The van der Waals surface area contributed by atoms with Crippen LogP contribution in [0.4, 0.5) is 0 Å². The molecule has 3 heterocycles. The maximum atomic E-state index is 12.8. The minimum Gasteiger partial charge on any atom is -0.354 e. The van der Waals surface area contributed by atoms with Gasteiger partial charge in [0.2, 0.25) is 11.8 Å². The maximum Gasteiger partial charge on any atom is 0.223 e. The van der Waals surface area contributed by atoms with E-state index in [-0.39, 0.29) is 11.9 Å². The number of hydrogen-bond acceptors (Lipinski definition) is 3. The van der Waals surface area contributed by atoms with Crippen molar-refractivity contribution in [2.75, 3.05) is 19.6 Å². The number of piperidine rings is 3. The van der Waals surface area contributed by atoms with Crippen molar-refractivity contribution in [3.63, 3.8) is 0 Å². The summed E-state index contributed by atoms with van der Waals surface area (Å²) in [5, 5.41) is 3.00. The number of fused-ring (bicyclic) bond motifs is 4. The Labute approximate surface area is 174 Å². The van der Waals surface area contributed by atoms with Crippen molar-refractivity contribution in [3.05, 3.63) is 35.4 Å². The molecule has 4 rings (SSSR count). The quantitative estimate of drug-likeness (QED) is 0.830. The molecule has 0 aromatic heterocycles. The Morgan fingerprint density at radius 3 is 2.59 bits per heavy atom. The summed E-state index contributed by atoms with van der Waals surface area (Å²) in [6, 6.07) is 9.53. The number of likely N-dealkylation sites (tertiary alicyclic amines) is 1. The van der Waals surface area contributed by atoms with Crippen LogP contribution in [-0.2, 0) is 16.1 Å². The molecule has 0 aliphatic carbocycles. The van der Waals surface area contributed by atoms with E-state index in [2.05, 4.69) is 53.2 Å². The SMILES string of the molecule is CC(=O)NC[C@H]1[C@H]2C[C@H](CN(Cc3ccc(C(C)C)cc3)C2)[C@@H]2CCCC(=O)N21. The summed E-state index contributed by atoms with van der Waals surface area (Å²) in [4.78, 5) is 29.1. The van der Waals surface area contributed by atoms with Crippen LogP contribution in [0.25, 0.3) is 0 Å². The summed E-state index contributed by atoms with van der Waals surface area (Å²) in [5.41, 5.74) is 2.75. The molecule has 4 atom stereocenters. The first-order valence-corrected chi connectivity index (χ1v) is 11.3. The molecular formula is C24H35N3O2. The fourth-order valence-electron chi connectivity index (χ4n) is 5.78. The monoisotopic (exact) mass is 397 g/mol. The topological polar surface area (TPSA) is 52.7 Å². The number of nitrogens with zero attached hydrogens (tertiary/aromatic N) is 2. The van der Waals surface area contributed by atoms with Crippen LogP contribution in [0, 0.1) is 11.8 Å². The highest BCUT2D eigenvalue weighted by Gasteiger charge is 2.49. The summed E-state index contributed by atoms with van der Waals surface area (Å²) >= 11 is 0. The molecule has 1 N–H and O–H groups in total. The molecule has 2 bridgehead atoms. The number of benzene rings is 1. The second-order valence-corrected chi connectivity index (χ2v) is 9.61. The van der Waals surface area contributed by atoms with Gasteiger partial charge in [-0.1, -0.05) is 38.1 Å². The van der Waals surface area contributed by atoms with E-state index < -0.39 is 0 Å². The van der Waals surface area contributed by atoms with Gasteiger partial charge in [-0.25, -0.2) is 0 Å². The Hall–Kier alpha value is -1.88. The number of amides is 2. The molecule has 0 spiro atoms. The van der Waals surface area contributed by atoms with Crippen molar-refractivity contribution in [2.24, 2.45) is 11.8 Å². The van der Waals surface area contributed by atoms with Crippen molar-refractivity contribution in [2.45, 2.75) is 71.0 Å². The van der Waals surface area contributed by atoms with Gasteiger partial charge < -0.3 is 10.2 Å². The number of nitrogens with one attached hydrogen (secondary N) is 1. The molecule has 158 valence electrons. The van der Waals surface area contributed by atoms with Crippen molar-refractivity contribution in [1.82, 2.24) is 15.1 Å². The van der Waals surface area contributed by atoms with Gasteiger partial charge in [-0.2, -0.15) is 0 Å². The average molecular weight is 398 g/mol. The fraction of sp³-hybridized carbons (Fsp3) is 0.667. The van der Waals surface area contributed by atoms with E-state index in [1.807, 2.05) is 0 Å². The average Bonchev–Trinajstić information content (AvgIpc) is 2.68. The van der Waals surface area contributed by atoms with Gasteiger partial charge in [0.1, 0.15) is 0 Å². The molecule has 5 heteroatoms. The van der Waals surface area contributed by atoms with Crippen LogP contribution in [-0.4, -0.2) is 53.3 Å². The Bertz CT molecular complexity index is 745. The molecule has 3 saturated heterocycles. The fourth-order valence-corrected chi connectivity index (χ4v) is 5.78. The molecule has 3 fully saturated rings. The molecule has 29 heavy (non-hydrogen) atoms. The van der Waals surface area contributed by atoms with Crippen LogP contribution in [0.1, 0.15) is 63.5 Å². The number of rotatable bonds is 5. The lowest BCUT2D eigenvalue weighted by Crippen LogP contribution is -2.66. The molecule has 0 unspecified atom stereocenters. The van der Waals surface area contributed by atoms with E-state index in [9.17, 15) is 9.59 Å². The van der Waals surface area contributed by atoms with E-state index in [0.29, 0.717) is 42.7 Å². The second-order valence-electron chi connectivity index (χ2n) is 9.61. The van der Waals surface area contributed by atoms with E-state index in [0.717, 1.165) is 32.5 Å². The van der Waals surface area contributed by atoms with Gasteiger partial charge >= 0.3 is 0 Å². The summed E-state index contributed by atoms with van der Waals surface area (Å²) in [5.74, 6) is 1.84. The third kappa shape index (κ3) is 4.35. The van der Waals surface area contributed by atoms with Crippen LogP contribution < -0.4 is 5.32 Å². The minimum atomic E-state index is -0.00830. The molecule has 2 amide bonds. The smallest absolute Gasteiger partial charge is 0.223 e. The van der Waals surface area contributed by atoms with Crippen LogP contribution in [0.3, 0.4) is 0 Å². The lowest BCUT2D eigenvalue weighted by Gasteiger charge is -2.56. The van der Waals surface area contributed by atoms with Crippen molar-refractivity contribution >= 4 is 11.8 Å². The van der Waals surface area contributed by atoms with E-state index >= 15 is 0 Å². The summed E-state index contributed by atoms with van der Waals surface area (Å²) in [7, 11) is 0. The number of hydrogen-bond donors (Lipinski definition) is 1. The maximum absolute atomic E-state index is 12.8.